The highest BCUT2D eigenvalue weighted by molar-refractivity contribution is 5.46. The average Bonchev–Trinajstić information content (AvgIpc) is 3.00. The molecule has 1 saturated carbocycles. The minimum atomic E-state index is 0.781. The third-order valence-corrected chi connectivity index (χ3v) is 3.94. The first-order chi connectivity index (χ1) is 9.79. The molecule has 1 aromatic rings. The summed E-state index contributed by atoms with van der Waals surface area (Å²) in [4.78, 5) is 10.9. The van der Waals surface area contributed by atoms with Crippen LogP contribution in [0.25, 0.3) is 0 Å². The molecule has 0 radical (unpaired) electrons. The van der Waals surface area contributed by atoms with Gasteiger partial charge in [-0.2, -0.15) is 0 Å². The summed E-state index contributed by atoms with van der Waals surface area (Å²) >= 11 is 0. The quantitative estimate of drug-likeness (QED) is 0.765. The van der Waals surface area contributed by atoms with E-state index in [1.807, 2.05) is 6.07 Å². The summed E-state index contributed by atoms with van der Waals surface area (Å²) in [6.07, 6.45) is 8.20. The molecule has 1 aromatic heterocycles. The highest BCUT2D eigenvalue weighted by Crippen LogP contribution is 2.21. The molecule has 5 nitrogen and oxygen atoms in total. The maximum absolute atomic E-state index is 4.26. The molecule has 2 rings (SSSR count). The molecule has 20 heavy (non-hydrogen) atoms. The number of anilines is 2. The van der Waals surface area contributed by atoms with Crippen molar-refractivity contribution in [3.63, 3.8) is 0 Å². The Morgan fingerprint density at radius 2 is 1.80 bits per heavy atom. The van der Waals surface area contributed by atoms with Crippen molar-refractivity contribution in [2.24, 2.45) is 0 Å². The number of hydrogen-bond acceptors (Lipinski definition) is 5. The summed E-state index contributed by atoms with van der Waals surface area (Å²) in [7, 11) is 2.23. The van der Waals surface area contributed by atoms with E-state index in [0.29, 0.717) is 0 Å². The van der Waals surface area contributed by atoms with E-state index < -0.39 is 0 Å². The standard InChI is InChI=1S/C15H27N5/c1-3-8-16-14-11-15(19-12-18-14)17-9-10-20(2)13-6-4-5-7-13/h11-13H,3-10H2,1-2H3,(H2,16,17,18,19). The molecular weight excluding hydrogens is 250 g/mol. The molecule has 0 aliphatic heterocycles. The highest BCUT2D eigenvalue weighted by atomic mass is 15.2. The number of nitrogens with zero attached hydrogens (tertiary/aromatic N) is 3. The molecule has 0 unspecified atom stereocenters. The molecule has 0 atom stereocenters. The van der Waals surface area contributed by atoms with Crippen LogP contribution in [0, 0.1) is 0 Å². The van der Waals surface area contributed by atoms with Crippen LogP contribution in [-0.2, 0) is 0 Å². The van der Waals surface area contributed by atoms with Crippen LogP contribution in [0.2, 0.25) is 0 Å². The molecule has 0 aromatic carbocycles. The van der Waals surface area contributed by atoms with E-state index in [0.717, 1.165) is 43.7 Å². The van der Waals surface area contributed by atoms with Gasteiger partial charge in [-0.1, -0.05) is 19.8 Å². The van der Waals surface area contributed by atoms with Crippen LogP contribution in [-0.4, -0.2) is 47.6 Å². The zero-order valence-electron chi connectivity index (χ0n) is 12.7. The molecular formula is C15H27N5. The fourth-order valence-corrected chi connectivity index (χ4v) is 2.69. The number of hydrogen-bond donors (Lipinski definition) is 2. The lowest BCUT2D eigenvalue weighted by Gasteiger charge is -2.24. The van der Waals surface area contributed by atoms with E-state index in [-0.39, 0.29) is 0 Å². The lowest BCUT2D eigenvalue weighted by molar-refractivity contribution is 0.254. The molecule has 1 aliphatic rings. The Bertz CT molecular complexity index is 390. The van der Waals surface area contributed by atoms with Gasteiger partial charge in [0.25, 0.3) is 0 Å². The van der Waals surface area contributed by atoms with Crippen molar-refractivity contribution >= 4 is 11.6 Å². The number of rotatable bonds is 8. The monoisotopic (exact) mass is 277 g/mol. The average molecular weight is 277 g/mol. The SMILES string of the molecule is CCCNc1cc(NCCN(C)C2CCCC2)ncn1. The second kappa shape index (κ2) is 8.04. The van der Waals surface area contributed by atoms with E-state index in [1.54, 1.807) is 6.33 Å². The topological polar surface area (TPSA) is 53.1 Å². The summed E-state index contributed by atoms with van der Waals surface area (Å²) < 4.78 is 0. The molecule has 112 valence electrons. The lowest BCUT2D eigenvalue weighted by atomic mass is 10.2. The molecule has 5 heteroatoms. The van der Waals surface area contributed by atoms with Crippen LogP contribution in [0.5, 0.6) is 0 Å². The molecule has 2 N–H and O–H groups in total. The zero-order chi connectivity index (χ0) is 14.2. The number of likely N-dealkylation sites (N-methyl/N-ethyl adjacent to an activating group) is 1. The van der Waals surface area contributed by atoms with Gasteiger partial charge in [0.15, 0.2) is 0 Å². The Hall–Kier alpha value is -1.36. The third-order valence-electron chi connectivity index (χ3n) is 3.94. The fraction of sp³-hybridized carbons (Fsp3) is 0.733. The van der Waals surface area contributed by atoms with Crippen LogP contribution in [0.15, 0.2) is 12.4 Å². The first kappa shape index (κ1) is 15.0. The number of aromatic nitrogens is 2. The first-order valence-electron chi connectivity index (χ1n) is 7.79. The van der Waals surface area contributed by atoms with E-state index in [1.165, 1.54) is 25.7 Å². The van der Waals surface area contributed by atoms with Crippen molar-refractivity contribution in [1.29, 1.82) is 0 Å². The molecule has 1 heterocycles. The minimum absolute atomic E-state index is 0.781. The Morgan fingerprint density at radius 1 is 1.15 bits per heavy atom. The van der Waals surface area contributed by atoms with Gasteiger partial charge in [0, 0.05) is 31.7 Å². The normalized spacial score (nSPS) is 15.8. The number of nitrogens with one attached hydrogen (secondary N) is 2. The molecule has 1 fully saturated rings. The maximum Gasteiger partial charge on any atom is 0.131 e. The second-order valence-corrected chi connectivity index (χ2v) is 5.56. The predicted octanol–water partition coefficient (Wildman–Crippen LogP) is 2.58. The second-order valence-electron chi connectivity index (χ2n) is 5.56. The third kappa shape index (κ3) is 4.63. The van der Waals surface area contributed by atoms with Gasteiger partial charge in [-0.3, -0.25) is 0 Å². The smallest absolute Gasteiger partial charge is 0.131 e. The minimum Gasteiger partial charge on any atom is -0.370 e. The lowest BCUT2D eigenvalue weighted by Crippen LogP contribution is -2.33. The van der Waals surface area contributed by atoms with E-state index in [4.69, 9.17) is 0 Å². The summed E-state index contributed by atoms with van der Waals surface area (Å²) in [6, 6.07) is 2.76. The summed E-state index contributed by atoms with van der Waals surface area (Å²) in [5, 5.41) is 6.66. The van der Waals surface area contributed by atoms with Crippen LogP contribution in [0.3, 0.4) is 0 Å². The van der Waals surface area contributed by atoms with Crippen molar-refractivity contribution in [3.05, 3.63) is 12.4 Å². The van der Waals surface area contributed by atoms with Gasteiger partial charge in [-0.05, 0) is 26.3 Å². The van der Waals surface area contributed by atoms with Gasteiger partial charge in [0.2, 0.25) is 0 Å². The van der Waals surface area contributed by atoms with Crippen LogP contribution in [0.1, 0.15) is 39.0 Å². The first-order valence-corrected chi connectivity index (χ1v) is 7.79. The summed E-state index contributed by atoms with van der Waals surface area (Å²) in [5.74, 6) is 1.80. The van der Waals surface area contributed by atoms with Gasteiger partial charge in [-0.15, -0.1) is 0 Å². The van der Waals surface area contributed by atoms with Crippen molar-refractivity contribution in [2.75, 3.05) is 37.3 Å². The van der Waals surface area contributed by atoms with Crippen LogP contribution in [0.4, 0.5) is 11.6 Å². The summed E-state index contributed by atoms with van der Waals surface area (Å²) in [5.41, 5.74) is 0. The molecule has 0 amide bonds. The molecule has 0 saturated heterocycles. The Kier molecular flexibility index (Phi) is 6.05. The Balaban J connectivity index is 1.72. The van der Waals surface area contributed by atoms with Gasteiger partial charge in [0.05, 0.1) is 0 Å². The molecule has 1 aliphatic carbocycles. The van der Waals surface area contributed by atoms with Crippen molar-refractivity contribution in [1.82, 2.24) is 14.9 Å². The van der Waals surface area contributed by atoms with E-state index in [2.05, 4.69) is 39.5 Å². The highest BCUT2D eigenvalue weighted by Gasteiger charge is 2.18. The predicted molar refractivity (Wildman–Crippen MR) is 84.2 cm³/mol. The van der Waals surface area contributed by atoms with E-state index >= 15 is 0 Å². The van der Waals surface area contributed by atoms with Gasteiger partial charge < -0.3 is 15.5 Å². The van der Waals surface area contributed by atoms with Gasteiger partial charge in [0.1, 0.15) is 18.0 Å². The molecule has 0 spiro atoms. The zero-order valence-corrected chi connectivity index (χ0v) is 12.7. The van der Waals surface area contributed by atoms with Crippen molar-refractivity contribution < 1.29 is 0 Å². The fourth-order valence-electron chi connectivity index (χ4n) is 2.69. The van der Waals surface area contributed by atoms with Gasteiger partial charge in [-0.25, -0.2) is 9.97 Å². The van der Waals surface area contributed by atoms with E-state index in [9.17, 15) is 0 Å². The summed E-state index contributed by atoms with van der Waals surface area (Å²) in [6.45, 7) is 5.08. The van der Waals surface area contributed by atoms with Crippen LogP contribution < -0.4 is 10.6 Å². The molecule has 0 bridgehead atoms. The van der Waals surface area contributed by atoms with Gasteiger partial charge >= 0.3 is 0 Å². The Morgan fingerprint density at radius 3 is 2.45 bits per heavy atom. The van der Waals surface area contributed by atoms with Crippen molar-refractivity contribution in [2.45, 2.75) is 45.1 Å². The Labute approximate surface area is 122 Å². The largest absolute Gasteiger partial charge is 0.370 e. The van der Waals surface area contributed by atoms with Crippen LogP contribution >= 0.6 is 0 Å². The maximum atomic E-state index is 4.26. The van der Waals surface area contributed by atoms with Crippen molar-refractivity contribution in [3.8, 4) is 0 Å².